The molecule has 0 saturated heterocycles. The topological polar surface area (TPSA) is 99.8 Å². The summed E-state index contributed by atoms with van der Waals surface area (Å²) >= 11 is 0. The number of nitrogens with one attached hydrogen (secondary N) is 3. The first-order valence-electron chi connectivity index (χ1n) is 8.06. The summed E-state index contributed by atoms with van der Waals surface area (Å²) in [6.07, 6.45) is 0.770. The van der Waals surface area contributed by atoms with E-state index in [2.05, 4.69) is 16.0 Å². The second kappa shape index (κ2) is 10.3. The second-order valence-electron chi connectivity index (χ2n) is 5.78. The van der Waals surface area contributed by atoms with Crippen LogP contribution >= 0.6 is 0 Å². The third kappa shape index (κ3) is 8.16. The van der Waals surface area contributed by atoms with Gasteiger partial charge in [-0.25, -0.2) is 4.79 Å². The molecule has 0 saturated carbocycles. The molecule has 0 spiro atoms. The van der Waals surface area contributed by atoms with Gasteiger partial charge >= 0.3 is 6.03 Å². The molecule has 0 radical (unpaired) electrons. The number of amides is 4. The fraction of sp³-hybridized carbons (Fsp3) is 0.471. The van der Waals surface area contributed by atoms with Crippen molar-refractivity contribution in [1.82, 2.24) is 15.5 Å². The van der Waals surface area contributed by atoms with Gasteiger partial charge in [-0.3, -0.25) is 19.8 Å². The van der Waals surface area contributed by atoms with E-state index >= 15 is 0 Å². The van der Waals surface area contributed by atoms with Gasteiger partial charge in [-0.2, -0.15) is 0 Å². The molecule has 0 aromatic heterocycles. The number of urea groups is 1. The highest BCUT2D eigenvalue weighted by Crippen LogP contribution is 2.16. The number of nitrogens with zero attached hydrogens (tertiary/aromatic N) is 1. The molecule has 0 aliphatic carbocycles. The summed E-state index contributed by atoms with van der Waals surface area (Å²) in [5.41, 5.74) is 0.607. The number of ether oxygens (including phenoxy) is 1. The van der Waals surface area contributed by atoms with Crippen molar-refractivity contribution in [2.75, 3.05) is 32.6 Å². The van der Waals surface area contributed by atoms with Gasteiger partial charge in [0.1, 0.15) is 5.75 Å². The molecule has 0 aliphatic rings. The maximum atomic E-state index is 12.0. The van der Waals surface area contributed by atoms with Crippen molar-refractivity contribution in [2.24, 2.45) is 0 Å². The minimum atomic E-state index is -0.534. The van der Waals surface area contributed by atoms with Gasteiger partial charge in [-0.1, -0.05) is 13.0 Å². The third-order valence-electron chi connectivity index (χ3n) is 3.42. The van der Waals surface area contributed by atoms with Crippen molar-refractivity contribution in [3.63, 3.8) is 0 Å². The quantitative estimate of drug-likeness (QED) is 0.654. The number of hydrogen-bond donors (Lipinski definition) is 3. The van der Waals surface area contributed by atoms with Gasteiger partial charge in [0.2, 0.25) is 11.8 Å². The standard InChI is InChI=1S/C17H26N4O4/c1-5-12(2)18-17(24)20-16(23)11-21(3)10-15(22)19-13-7-6-8-14(9-13)25-4/h6-9,12H,5,10-11H2,1-4H3,(H,19,22)(H2,18,20,23,24)/t12-/m0/s1. The monoisotopic (exact) mass is 350 g/mol. The predicted molar refractivity (Wildman–Crippen MR) is 95.5 cm³/mol. The van der Waals surface area contributed by atoms with Gasteiger partial charge < -0.3 is 15.4 Å². The largest absolute Gasteiger partial charge is 0.497 e. The Bertz CT molecular complexity index is 606. The fourth-order valence-electron chi connectivity index (χ4n) is 1.98. The second-order valence-corrected chi connectivity index (χ2v) is 5.78. The molecular formula is C17H26N4O4. The van der Waals surface area contributed by atoms with E-state index < -0.39 is 11.9 Å². The maximum Gasteiger partial charge on any atom is 0.321 e. The van der Waals surface area contributed by atoms with Gasteiger partial charge in [-0.05, 0) is 32.5 Å². The van der Waals surface area contributed by atoms with E-state index in [0.717, 1.165) is 6.42 Å². The zero-order valence-corrected chi connectivity index (χ0v) is 15.1. The van der Waals surface area contributed by atoms with Crippen LogP contribution in [0, 0.1) is 0 Å². The van der Waals surface area contributed by atoms with Crippen molar-refractivity contribution >= 4 is 23.5 Å². The highest BCUT2D eigenvalue weighted by Gasteiger charge is 2.14. The summed E-state index contributed by atoms with van der Waals surface area (Å²) in [5.74, 6) is -0.108. The summed E-state index contributed by atoms with van der Waals surface area (Å²) < 4.78 is 5.09. The first-order chi connectivity index (χ1) is 11.8. The fourth-order valence-corrected chi connectivity index (χ4v) is 1.98. The Hall–Kier alpha value is -2.61. The Morgan fingerprint density at radius 3 is 2.52 bits per heavy atom. The first kappa shape index (κ1) is 20.4. The van der Waals surface area contributed by atoms with Gasteiger partial charge in [0, 0.05) is 17.8 Å². The summed E-state index contributed by atoms with van der Waals surface area (Å²) in [6, 6.07) is 6.43. The molecule has 0 fully saturated rings. The van der Waals surface area contributed by atoms with Crippen LogP contribution in [-0.4, -0.2) is 56.0 Å². The Morgan fingerprint density at radius 1 is 1.20 bits per heavy atom. The Labute approximate surface area is 147 Å². The molecule has 25 heavy (non-hydrogen) atoms. The zero-order valence-electron chi connectivity index (χ0n) is 15.1. The number of likely N-dealkylation sites (N-methyl/N-ethyl adjacent to an activating group) is 1. The third-order valence-corrected chi connectivity index (χ3v) is 3.42. The smallest absolute Gasteiger partial charge is 0.321 e. The Morgan fingerprint density at radius 2 is 1.88 bits per heavy atom. The molecule has 0 unspecified atom stereocenters. The normalized spacial score (nSPS) is 11.6. The number of carbonyl (C=O) groups is 3. The van der Waals surface area contributed by atoms with E-state index in [1.807, 2.05) is 13.8 Å². The van der Waals surface area contributed by atoms with Crippen LogP contribution in [0.4, 0.5) is 10.5 Å². The molecule has 0 heterocycles. The van der Waals surface area contributed by atoms with Crippen LogP contribution in [0.2, 0.25) is 0 Å². The van der Waals surface area contributed by atoms with Gasteiger partial charge in [0.25, 0.3) is 0 Å². The van der Waals surface area contributed by atoms with Crippen molar-refractivity contribution < 1.29 is 19.1 Å². The molecule has 8 nitrogen and oxygen atoms in total. The van der Waals surface area contributed by atoms with Crippen molar-refractivity contribution in [3.8, 4) is 5.75 Å². The molecular weight excluding hydrogens is 324 g/mol. The van der Waals surface area contributed by atoms with Crippen LogP contribution < -0.4 is 20.7 Å². The van der Waals surface area contributed by atoms with Gasteiger partial charge in [0.05, 0.1) is 20.2 Å². The number of rotatable bonds is 8. The first-order valence-corrected chi connectivity index (χ1v) is 8.06. The van der Waals surface area contributed by atoms with E-state index in [0.29, 0.717) is 11.4 Å². The minimum absolute atomic E-state index is 0.0115. The van der Waals surface area contributed by atoms with Crippen molar-refractivity contribution in [3.05, 3.63) is 24.3 Å². The number of hydrogen-bond acceptors (Lipinski definition) is 5. The average Bonchev–Trinajstić information content (AvgIpc) is 2.53. The number of benzene rings is 1. The Balaban J connectivity index is 2.39. The molecule has 3 N–H and O–H groups in total. The van der Waals surface area contributed by atoms with Crippen molar-refractivity contribution in [1.29, 1.82) is 0 Å². The van der Waals surface area contributed by atoms with Crippen LogP contribution in [0.5, 0.6) is 5.75 Å². The summed E-state index contributed by atoms with van der Waals surface area (Å²) in [4.78, 5) is 36.9. The lowest BCUT2D eigenvalue weighted by atomic mass is 10.3. The zero-order chi connectivity index (χ0) is 18.8. The van der Waals surface area contributed by atoms with Crippen molar-refractivity contribution in [2.45, 2.75) is 26.3 Å². The minimum Gasteiger partial charge on any atom is -0.497 e. The summed E-state index contributed by atoms with van der Waals surface area (Å²) in [7, 11) is 3.17. The maximum absolute atomic E-state index is 12.0. The summed E-state index contributed by atoms with van der Waals surface area (Å²) in [5, 5.41) is 7.60. The lowest BCUT2D eigenvalue weighted by Gasteiger charge is -2.17. The lowest BCUT2D eigenvalue weighted by molar-refractivity contribution is -0.122. The molecule has 1 rings (SSSR count). The van der Waals surface area contributed by atoms with Crippen LogP contribution in [0.25, 0.3) is 0 Å². The van der Waals surface area contributed by atoms with Crippen LogP contribution in [-0.2, 0) is 9.59 Å². The molecule has 1 aromatic carbocycles. The Kier molecular flexibility index (Phi) is 8.42. The molecule has 1 aromatic rings. The van der Waals surface area contributed by atoms with E-state index in [1.165, 1.54) is 4.90 Å². The highest BCUT2D eigenvalue weighted by atomic mass is 16.5. The number of imide groups is 1. The van der Waals surface area contributed by atoms with Crippen LogP contribution in [0.3, 0.4) is 0 Å². The van der Waals surface area contributed by atoms with E-state index in [1.54, 1.807) is 38.4 Å². The van der Waals surface area contributed by atoms with E-state index in [4.69, 9.17) is 4.74 Å². The molecule has 138 valence electrons. The average molecular weight is 350 g/mol. The lowest BCUT2D eigenvalue weighted by Crippen LogP contribution is -2.47. The van der Waals surface area contributed by atoms with Gasteiger partial charge in [-0.15, -0.1) is 0 Å². The predicted octanol–water partition coefficient (Wildman–Crippen LogP) is 1.19. The molecule has 0 aliphatic heterocycles. The van der Waals surface area contributed by atoms with E-state index in [9.17, 15) is 14.4 Å². The molecule has 8 heteroatoms. The van der Waals surface area contributed by atoms with Crippen LogP contribution in [0.15, 0.2) is 24.3 Å². The van der Waals surface area contributed by atoms with Crippen LogP contribution in [0.1, 0.15) is 20.3 Å². The number of carbonyl (C=O) groups excluding carboxylic acids is 3. The molecule has 1 atom stereocenters. The SMILES string of the molecule is CC[C@H](C)NC(=O)NC(=O)CN(C)CC(=O)Nc1cccc(OC)c1. The molecule has 0 bridgehead atoms. The number of methoxy groups -OCH3 is 1. The summed E-state index contributed by atoms with van der Waals surface area (Å²) in [6.45, 7) is 3.72. The van der Waals surface area contributed by atoms with E-state index in [-0.39, 0.29) is 25.0 Å². The molecule has 4 amide bonds. The number of anilines is 1. The highest BCUT2D eigenvalue weighted by molar-refractivity contribution is 5.96. The van der Waals surface area contributed by atoms with Gasteiger partial charge in [0.15, 0.2) is 0 Å².